The van der Waals surface area contributed by atoms with Crippen LogP contribution in [0.1, 0.15) is 37.6 Å². The first-order valence-corrected chi connectivity index (χ1v) is 7.33. The van der Waals surface area contributed by atoms with Crippen LogP contribution in [-0.4, -0.2) is 27.9 Å². The third kappa shape index (κ3) is 3.90. The molecule has 0 aliphatic rings. The van der Waals surface area contributed by atoms with E-state index in [1.165, 1.54) is 5.56 Å². The number of hydrogen-bond acceptors (Lipinski definition) is 3. The zero-order chi connectivity index (χ0) is 14.4. The number of pyridine rings is 1. The van der Waals surface area contributed by atoms with E-state index in [2.05, 4.69) is 58.3 Å². The summed E-state index contributed by atoms with van der Waals surface area (Å²) in [5.41, 5.74) is 2.46. The van der Waals surface area contributed by atoms with Crippen molar-refractivity contribution < 1.29 is 0 Å². The second-order valence-corrected chi connectivity index (χ2v) is 5.29. The lowest BCUT2D eigenvalue weighted by Gasteiger charge is -2.15. The maximum absolute atomic E-state index is 4.67. The van der Waals surface area contributed by atoms with Crippen molar-refractivity contribution >= 4 is 0 Å². The van der Waals surface area contributed by atoms with Crippen LogP contribution < -0.4 is 5.32 Å². The highest BCUT2D eigenvalue weighted by Crippen LogP contribution is 2.11. The van der Waals surface area contributed by atoms with E-state index in [0.717, 1.165) is 25.0 Å². The number of rotatable bonds is 7. The summed E-state index contributed by atoms with van der Waals surface area (Å²) in [7, 11) is 2.01. The summed E-state index contributed by atoms with van der Waals surface area (Å²) in [5.74, 6) is 0. The highest BCUT2D eigenvalue weighted by atomic mass is 15.3. The largest absolute Gasteiger partial charge is 0.316 e. The molecule has 0 fully saturated rings. The van der Waals surface area contributed by atoms with Gasteiger partial charge in [0.05, 0.1) is 5.69 Å². The lowest BCUT2D eigenvalue weighted by molar-refractivity contribution is 0.467. The van der Waals surface area contributed by atoms with Crippen LogP contribution in [0.4, 0.5) is 0 Å². The molecule has 0 aliphatic heterocycles. The summed E-state index contributed by atoms with van der Waals surface area (Å²) >= 11 is 0. The van der Waals surface area contributed by atoms with Crippen molar-refractivity contribution in [3.8, 4) is 0 Å². The fourth-order valence-corrected chi connectivity index (χ4v) is 2.25. The van der Waals surface area contributed by atoms with Crippen LogP contribution in [0.25, 0.3) is 0 Å². The van der Waals surface area contributed by atoms with Crippen LogP contribution in [0.5, 0.6) is 0 Å². The van der Waals surface area contributed by atoms with Crippen molar-refractivity contribution in [1.82, 2.24) is 20.1 Å². The summed E-state index contributed by atoms with van der Waals surface area (Å²) in [6, 6.07) is 7.14. The quantitative estimate of drug-likeness (QED) is 0.842. The third-order valence-electron chi connectivity index (χ3n) is 3.80. The van der Waals surface area contributed by atoms with Gasteiger partial charge in [0.1, 0.15) is 0 Å². The van der Waals surface area contributed by atoms with Crippen LogP contribution in [-0.2, 0) is 12.8 Å². The average Bonchev–Trinajstić information content (AvgIpc) is 2.95. The van der Waals surface area contributed by atoms with Crippen molar-refractivity contribution in [3.05, 3.63) is 48.0 Å². The average molecular weight is 272 g/mol. The number of nitrogens with one attached hydrogen (secondary N) is 1. The lowest BCUT2D eigenvalue weighted by atomic mass is 10.0. The predicted molar refractivity (Wildman–Crippen MR) is 81.7 cm³/mol. The normalized spacial score (nSPS) is 14.2. The van der Waals surface area contributed by atoms with E-state index in [1.54, 1.807) is 0 Å². The molecule has 4 heteroatoms. The minimum absolute atomic E-state index is 0.401. The van der Waals surface area contributed by atoms with E-state index in [-0.39, 0.29) is 0 Å². The first-order chi connectivity index (χ1) is 9.72. The van der Waals surface area contributed by atoms with Gasteiger partial charge in [-0.15, -0.1) is 0 Å². The van der Waals surface area contributed by atoms with Gasteiger partial charge >= 0.3 is 0 Å². The Morgan fingerprint density at radius 2 is 1.95 bits per heavy atom. The van der Waals surface area contributed by atoms with Crippen LogP contribution >= 0.6 is 0 Å². The molecular formula is C16H24N4. The summed E-state index contributed by atoms with van der Waals surface area (Å²) in [6.45, 7) is 4.38. The second-order valence-electron chi connectivity index (χ2n) is 5.29. The molecule has 2 rings (SSSR count). The van der Waals surface area contributed by atoms with Crippen molar-refractivity contribution in [2.75, 3.05) is 7.05 Å². The van der Waals surface area contributed by atoms with E-state index >= 15 is 0 Å². The molecule has 2 atom stereocenters. The number of aromatic nitrogens is 3. The zero-order valence-corrected chi connectivity index (χ0v) is 12.6. The Morgan fingerprint density at radius 3 is 2.60 bits per heavy atom. The van der Waals surface area contributed by atoms with E-state index in [0.29, 0.717) is 12.1 Å². The van der Waals surface area contributed by atoms with E-state index in [1.807, 2.05) is 19.4 Å². The molecule has 0 saturated carbocycles. The van der Waals surface area contributed by atoms with Crippen LogP contribution in [0, 0.1) is 0 Å². The molecule has 1 N–H and O–H groups in total. The van der Waals surface area contributed by atoms with Crippen molar-refractivity contribution in [2.45, 2.75) is 45.2 Å². The molecule has 0 amide bonds. The van der Waals surface area contributed by atoms with Crippen LogP contribution in [0.15, 0.2) is 36.8 Å². The minimum Gasteiger partial charge on any atom is -0.316 e. The van der Waals surface area contributed by atoms with Gasteiger partial charge in [0, 0.05) is 37.1 Å². The molecule has 4 nitrogen and oxygen atoms in total. The minimum atomic E-state index is 0.401. The molecule has 2 aromatic rings. The fourth-order valence-electron chi connectivity index (χ4n) is 2.25. The van der Waals surface area contributed by atoms with Crippen LogP contribution in [0.3, 0.4) is 0 Å². The van der Waals surface area contributed by atoms with E-state index in [9.17, 15) is 0 Å². The van der Waals surface area contributed by atoms with Gasteiger partial charge in [-0.25, -0.2) is 0 Å². The van der Waals surface area contributed by atoms with Crippen molar-refractivity contribution in [1.29, 1.82) is 0 Å². The Balaban J connectivity index is 1.98. The highest BCUT2D eigenvalue weighted by Gasteiger charge is 2.11. The van der Waals surface area contributed by atoms with Gasteiger partial charge in [-0.3, -0.25) is 9.67 Å². The van der Waals surface area contributed by atoms with Crippen LogP contribution in [0.2, 0.25) is 0 Å². The lowest BCUT2D eigenvalue weighted by Crippen LogP contribution is -2.30. The van der Waals surface area contributed by atoms with E-state index in [4.69, 9.17) is 0 Å². The van der Waals surface area contributed by atoms with Crippen molar-refractivity contribution in [2.24, 2.45) is 0 Å². The highest BCUT2D eigenvalue weighted by molar-refractivity contribution is 5.13. The monoisotopic (exact) mass is 272 g/mol. The third-order valence-corrected chi connectivity index (χ3v) is 3.80. The molecule has 0 aliphatic carbocycles. The molecule has 2 aromatic heterocycles. The molecular weight excluding hydrogens is 248 g/mol. The number of nitrogens with zero attached hydrogens (tertiary/aromatic N) is 3. The van der Waals surface area contributed by atoms with E-state index < -0.39 is 0 Å². The van der Waals surface area contributed by atoms with Gasteiger partial charge in [0.2, 0.25) is 0 Å². The molecule has 0 saturated heterocycles. The second kappa shape index (κ2) is 7.20. The van der Waals surface area contributed by atoms with Gasteiger partial charge < -0.3 is 5.32 Å². The van der Waals surface area contributed by atoms with Gasteiger partial charge in [-0.2, -0.15) is 5.10 Å². The molecule has 0 bridgehead atoms. The summed E-state index contributed by atoms with van der Waals surface area (Å²) in [6.07, 6.45) is 8.83. The van der Waals surface area contributed by atoms with Gasteiger partial charge in [0.25, 0.3) is 0 Å². The zero-order valence-electron chi connectivity index (χ0n) is 12.6. The molecule has 0 radical (unpaired) electrons. The Bertz CT molecular complexity index is 506. The number of likely N-dealkylation sites (N-methyl/N-ethyl adjacent to an activating group) is 1. The molecule has 108 valence electrons. The molecule has 0 spiro atoms. The Labute approximate surface area is 121 Å². The summed E-state index contributed by atoms with van der Waals surface area (Å²) in [5, 5.41) is 8.06. The molecule has 20 heavy (non-hydrogen) atoms. The Morgan fingerprint density at radius 1 is 1.20 bits per heavy atom. The molecule has 2 unspecified atom stereocenters. The number of hydrogen-bond donors (Lipinski definition) is 1. The SMILES string of the molecule is CCC(C)n1ccc(CC(Cc2ccncc2)NC)n1. The Hall–Kier alpha value is -1.68. The van der Waals surface area contributed by atoms with Crippen molar-refractivity contribution in [3.63, 3.8) is 0 Å². The summed E-state index contributed by atoms with van der Waals surface area (Å²) < 4.78 is 2.06. The Kier molecular flexibility index (Phi) is 5.30. The smallest absolute Gasteiger partial charge is 0.0640 e. The maximum Gasteiger partial charge on any atom is 0.0640 e. The topological polar surface area (TPSA) is 42.7 Å². The summed E-state index contributed by atoms with van der Waals surface area (Å²) in [4.78, 5) is 4.06. The fraction of sp³-hybridized carbons (Fsp3) is 0.500. The maximum atomic E-state index is 4.67. The van der Waals surface area contributed by atoms with Gasteiger partial charge in [-0.1, -0.05) is 6.92 Å². The van der Waals surface area contributed by atoms with Gasteiger partial charge in [0.15, 0.2) is 0 Å². The predicted octanol–water partition coefficient (Wildman–Crippen LogP) is 2.62. The molecule has 2 heterocycles. The van der Waals surface area contributed by atoms with Gasteiger partial charge in [-0.05, 0) is 50.6 Å². The standard InChI is InChI=1S/C16H24N4/c1-4-13(2)20-10-7-15(19-20)12-16(17-3)11-14-5-8-18-9-6-14/h5-10,13,16-17H,4,11-12H2,1-3H3. The first kappa shape index (κ1) is 14.7. The first-order valence-electron chi connectivity index (χ1n) is 7.33. The molecule has 0 aromatic carbocycles.